The lowest BCUT2D eigenvalue weighted by Crippen LogP contribution is -2.20. The Bertz CT molecular complexity index is 444. The minimum absolute atomic E-state index is 0.0767. The van der Waals surface area contributed by atoms with Gasteiger partial charge in [-0.05, 0) is 6.07 Å². The van der Waals surface area contributed by atoms with Crippen LogP contribution in [0.2, 0.25) is 0 Å². The van der Waals surface area contributed by atoms with Crippen LogP contribution >= 0.6 is 0 Å². The van der Waals surface area contributed by atoms with E-state index in [9.17, 15) is 0 Å². The summed E-state index contributed by atoms with van der Waals surface area (Å²) >= 11 is 0. The molecular weight excluding hydrogens is 176 g/mol. The number of hydrogen-bond donors (Lipinski definition) is 2. The van der Waals surface area contributed by atoms with Gasteiger partial charge in [-0.25, -0.2) is 4.68 Å². The standard InChI is InChI=1S/C10H10N4/c11-10(12)14-7-6-9(13-14)8-4-2-1-3-5-8/h1-7H,(H3,11,12). The first-order valence-electron chi connectivity index (χ1n) is 4.23. The Kier molecular flexibility index (Phi) is 2.02. The number of benzene rings is 1. The van der Waals surface area contributed by atoms with Gasteiger partial charge in [0.25, 0.3) is 0 Å². The number of aromatic nitrogens is 2. The van der Waals surface area contributed by atoms with E-state index in [0.29, 0.717) is 0 Å². The zero-order valence-corrected chi connectivity index (χ0v) is 7.51. The molecule has 4 nitrogen and oxygen atoms in total. The smallest absolute Gasteiger partial charge is 0.213 e. The van der Waals surface area contributed by atoms with E-state index in [2.05, 4.69) is 5.10 Å². The van der Waals surface area contributed by atoms with Crippen molar-refractivity contribution in [3.63, 3.8) is 0 Å². The monoisotopic (exact) mass is 186 g/mol. The van der Waals surface area contributed by atoms with Crippen molar-refractivity contribution in [1.82, 2.24) is 9.78 Å². The molecule has 0 saturated carbocycles. The van der Waals surface area contributed by atoms with Crippen LogP contribution in [0, 0.1) is 5.41 Å². The molecule has 0 aliphatic rings. The molecule has 1 aromatic heterocycles. The molecule has 0 aliphatic carbocycles. The summed E-state index contributed by atoms with van der Waals surface area (Å²) in [5.74, 6) is -0.0767. The van der Waals surface area contributed by atoms with E-state index in [1.807, 2.05) is 36.4 Å². The van der Waals surface area contributed by atoms with Crippen LogP contribution in [0.25, 0.3) is 11.3 Å². The van der Waals surface area contributed by atoms with Crippen LogP contribution in [0.3, 0.4) is 0 Å². The summed E-state index contributed by atoms with van der Waals surface area (Å²) in [6.07, 6.45) is 1.67. The molecule has 3 N–H and O–H groups in total. The predicted molar refractivity (Wildman–Crippen MR) is 55.0 cm³/mol. The maximum atomic E-state index is 7.19. The summed E-state index contributed by atoms with van der Waals surface area (Å²) in [7, 11) is 0. The van der Waals surface area contributed by atoms with Gasteiger partial charge in [0.05, 0.1) is 5.69 Å². The summed E-state index contributed by atoms with van der Waals surface area (Å²) in [5.41, 5.74) is 7.13. The SMILES string of the molecule is N=C(N)n1ccc(-c2ccccc2)n1. The van der Waals surface area contributed by atoms with Gasteiger partial charge in [-0.15, -0.1) is 0 Å². The minimum atomic E-state index is -0.0767. The van der Waals surface area contributed by atoms with E-state index in [-0.39, 0.29) is 5.96 Å². The Balaban J connectivity index is 2.39. The van der Waals surface area contributed by atoms with Crippen LogP contribution in [0.5, 0.6) is 0 Å². The molecule has 0 saturated heterocycles. The van der Waals surface area contributed by atoms with Crippen LogP contribution < -0.4 is 5.73 Å². The quantitative estimate of drug-likeness (QED) is 0.520. The molecule has 70 valence electrons. The van der Waals surface area contributed by atoms with Crippen molar-refractivity contribution in [1.29, 1.82) is 5.41 Å². The Hall–Kier alpha value is -2.10. The van der Waals surface area contributed by atoms with E-state index in [0.717, 1.165) is 11.3 Å². The third-order valence-electron chi connectivity index (χ3n) is 1.91. The van der Waals surface area contributed by atoms with Crippen LogP contribution in [-0.2, 0) is 0 Å². The Labute approximate surface area is 81.5 Å². The summed E-state index contributed by atoms with van der Waals surface area (Å²) in [6.45, 7) is 0. The number of nitrogens with one attached hydrogen (secondary N) is 1. The molecule has 14 heavy (non-hydrogen) atoms. The lowest BCUT2D eigenvalue weighted by Gasteiger charge is -1.96. The Morgan fingerprint density at radius 3 is 2.50 bits per heavy atom. The number of nitrogens with two attached hydrogens (primary N) is 1. The van der Waals surface area contributed by atoms with Crippen molar-refractivity contribution in [2.45, 2.75) is 0 Å². The van der Waals surface area contributed by atoms with E-state index in [4.69, 9.17) is 11.1 Å². The fraction of sp³-hybridized carbons (Fsp3) is 0. The lowest BCUT2D eigenvalue weighted by molar-refractivity contribution is 0.915. The Morgan fingerprint density at radius 1 is 1.21 bits per heavy atom. The molecule has 0 unspecified atom stereocenters. The van der Waals surface area contributed by atoms with Crippen molar-refractivity contribution in [2.75, 3.05) is 0 Å². The largest absolute Gasteiger partial charge is 0.368 e. The third-order valence-corrected chi connectivity index (χ3v) is 1.91. The second-order valence-electron chi connectivity index (χ2n) is 2.90. The van der Waals surface area contributed by atoms with Crippen molar-refractivity contribution in [3.8, 4) is 11.3 Å². The summed E-state index contributed by atoms with van der Waals surface area (Å²) < 4.78 is 1.34. The first-order chi connectivity index (χ1) is 6.77. The van der Waals surface area contributed by atoms with Gasteiger partial charge in [0, 0.05) is 11.8 Å². The van der Waals surface area contributed by atoms with Crippen molar-refractivity contribution in [2.24, 2.45) is 5.73 Å². The van der Waals surface area contributed by atoms with Crippen LogP contribution in [0.1, 0.15) is 0 Å². The van der Waals surface area contributed by atoms with Gasteiger partial charge in [0.15, 0.2) is 0 Å². The number of nitrogens with zero attached hydrogens (tertiary/aromatic N) is 2. The molecule has 0 aliphatic heterocycles. The molecule has 2 aromatic rings. The van der Waals surface area contributed by atoms with Gasteiger partial charge in [-0.1, -0.05) is 30.3 Å². The summed E-state index contributed by atoms with van der Waals surface area (Å²) in [4.78, 5) is 0. The third kappa shape index (κ3) is 1.50. The molecule has 0 bridgehead atoms. The molecule has 0 atom stereocenters. The fourth-order valence-electron chi connectivity index (χ4n) is 1.22. The highest BCUT2D eigenvalue weighted by atomic mass is 15.3. The zero-order chi connectivity index (χ0) is 9.97. The topological polar surface area (TPSA) is 67.7 Å². The second kappa shape index (κ2) is 3.33. The molecule has 1 heterocycles. The summed E-state index contributed by atoms with van der Waals surface area (Å²) in [5, 5.41) is 11.3. The Morgan fingerprint density at radius 2 is 1.93 bits per heavy atom. The van der Waals surface area contributed by atoms with Crippen molar-refractivity contribution >= 4 is 5.96 Å². The van der Waals surface area contributed by atoms with Gasteiger partial charge >= 0.3 is 0 Å². The van der Waals surface area contributed by atoms with Crippen molar-refractivity contribution in [3.05, 3.63) is 42.6 Å². The highest BCUT2D eigenvalue weighted by Gasteiger charge is 2.01. The van der Waals surface area contributed by atoms with Gasteiger partial charge in [0.1, 0.15) is 0 Å². The van der Waals surface area contributed by atoms with Gasteiger partial charge in [0.2, 0.25) is 5.96 Å². The molecule has 0 radical (unpaired) electrons. The lowest BCUT2D eigenvalue weighted by atomic mass is 10.2. The maximum Gasteiger partial charge on any atom is 0.213 e. The second-order valence-corrected chi connectivity index (χ2v) is 2.90. The van der Waals surface area contributed by atoms with E-state index in [1.165, 1.54) is 4.68 Å². The molecule has 0 spiro atoms. The maximum absolute atomic E-state index is 7.19. The number of rotatable bonds is 1. The first kappa shape index (κ1) is 8.50. The van der Waals surface area contributed by atoms with Gasteiger partial charge in [-0.2, -0.15) is 5.10 Å². The molecular formula is C10H10N4. The molecule has 4 heteroatoms. The summed E-state index contributed by atoms with van der Waals surface area (Å²) in [6, 6.07) is 11.6. The van der Waals surface area contributed by atoms with Gasteiger partial charge < -0.3 is 5.73 Å². The van der Waals surface area contributed by atoms with E-state index < -0.39 is 0 Å². The predicted octanol–water partition coefficient (Wildman–Crippen LogP) is 1.29. The van der Waals surface area contributed by atoms with Crippen LogP contribution in [0.15, 0.2) is 42.6 Å². The molecule has 0 amide bonds. The molecule has 1 aromatic carbocycles. The van der Waals surface area contributed by atoms with E-state index in [1.54, 1.807) is 6.20 Å². The number of hydrogen-bond acceptors (Lipinski definition) is 2. The average Bonchev–Trinajstić information content (AvgIpc) is 2.68. The van der Waals surface area contributed by atoms with Gasteiger partial charge in [-0.3, -0.25) is 5.41 Å². The van der Waals surface area contributed by atoms with Crippen molar-refractivity contribution < 1.29 is 0 Å². The highest BCUT2D eigenvalue weighted by molar-refractivity contribution is 5.77. The normalized spacial score (nSPS) is 10.0. The zero-order valence-electron chi connectivity index (χ0n) is 7.51. The average molecular weight is 186 g/mol. The number of nitrogen functional groups attached to an aromatic ring is 1. The van der Waals surface area contributed by atoms with E-state index >= 15 is 0 Å². The fourth-order valence-corrected chi connectivity index (χ4v) is 1.22. The molecule has 0 fully saturated rings. The van der Waals surface area contributed by atoms with Crippen LogP contribution in [0.4, 0.5) is 0 Å². The first-order valence-corrected chi connectivity index (χ1v) is 4.23. The molecule has 2 rings (SSSR count). The van der Waals surface area contributed by atoms with Crippen LogP contribution in [-0.4, -0.2) is 15.7 Å². The highest BCUT2D eigenvalue weighted by Crippen LogP contribution is 2.15. The minimum Gasteiger partial charge on any atom is -0.368 e.